The molecule has 0 spiro atoms. The zero-order valence-corrected chi connectivity index (χ0v) is 17.0. The lowest BCUT2D eigenvalue weighted by Gasteiger charge is -2.21. The van der Waals surface area contributed by atoms with Gasteiger partial charge >= 0.3 is 6.18 Å². The van der Waals surface area contributed by atoms with Crippen LogP contribution in [-0.4, -0.2) is 70.6 Å². The van der Waals surface area contributed by atoms with Crippen molar-refractivity contribution in [3.05, 3.63) is 29.8 Å². The summed E-state index contributed by atoms with van der Waals surface area (Å²) in [6.07, 6.45) is -3.30. The molecule has 0 aliphatic carbocycles. The van der Waals surface area contributed by atoms with E-state index in [2.05, 4.69) is 15.2 Å². The number of nitrogens with zero attached hydrogens (tertiary/aromatic N) is 2. The number of nitrogens with one attached hydrogen (secondary N) is 1. The second kappa shape index (κ2) is 11.9. The molecule has 1 fully saturated rings. The van der Waals surface area contributed by atoms with Crippen molar-refractivity contribution in [3.8, 4) is 5.75 Å². The lowest BCUT2D eigenvalue weighted by molar-refractivity contribution is -0.137. The highest BCUT2D eigenvalue weighted by molar-refractivity contribution is 5.80. The highest BCUT2D eigenvalue weighted by Gasteiger charge is 2.30. The minimum absolute atomic E-state index is 0.289. The van der Waals surface area contributed by atoms with E-state index in [1.807, 2.05) is 6.92 Å². The van der Waals surface area contributed by atoms with E-state index in [1.165, 1.54) is 12.1 Å². The molecule has 1 aliphatic rings. The Hall–Kier alpha value is -2.00. The van der Waals surface area contributed by atoms with Gasteiger partial charge in [-0.1, -0.05) is 0 Å². The molecule has 0 radical (unpaired) electrons. The zero-order valence-electron chi connectivity index (χ0n) is 17.0. The number of ether oxygens (including phenoxy) is 3. The van der Waals surface area contributed by atoms with E-state index in [0.717, 1.165) is 44.1 Å². The molecule has 1 N–H and O–H groups in total. The van der Waals surface area contributed by atoms with Crippen molar-refractivity contribution in [2.75, 3.05) is 59.7 Å². The molecule has 6 nitrogen and oxygen atoms in total. The molecule has 0 bridgehead atoms. The van der Waals surface area contributed by atoms with E-state index in [4.69, 9.17) is 14.2 Å². The highest BCUT2D eigenvalue weighted by Crippen LogP contribution is 2.30. The Morgan fingerprint density at radius 1 is 1.21 bits per heavy atom. The Morgan fingerprint density at radius 2 is 1.97 bits per heavy atom. The molecule has 1 atom stereocenters. The molecule has 1 aliphatic heterocycles. The van der Waals surface area contributed by atoms with Crippen LogP contribution in [0.4, 0.5) is 13.2 Å². The van der Waals surface area contributed by atoms with Gasteiger partial charge in [-0.25, -0.2) is 4.99 Å². The Balaban J connectivity index is 1.77. The molecule has 2 rings (SSSR count). The molecule has 1 unspecified atom stereocenters. The monoisotopic (exact) mass is 417 g/mol. The first-order valence-electron chi connectivity index (χ1n) is 9.84. The Bertz CT molecular complexity index is 624. The summed E-state index contributed by atoms with van der Waals surface area (Å²) < 4.78 is 53.9. The number of alkyl halides is 3. The maximum atomic E-state index is 12.6. The number of methoxy groups -OCH3 is 1. The average molecular weight is 417 g/mol. The fourth-order valence-electron chi connectivity index (χ4n) is 3.03. The molecule has 9 heteroatoms. The van der Waals surface area contributed by atoms with Crippen molar-refractivity contribution in [2.24, 2.45) is 10.9 Å². The van der Waals surface area contributed by atoms with Crippen LogP contribution in [-0.2, 0) is 15.7 Å². The van der Waals surface area contributed by atoms with Gasteiger partial charge in [-0.05, 0) is 37.6 Å². The van der Waals surface area contributed by atoms with Crippen LogP contribution < -0.4 is 10.1 Å². The van der Waals surface area contributed by atoms with Crippen LogP contribution in [0.2, 0.25) is 0 Å². The van der Waals surface area contributed by atoms with Crippen molar-refractivity contribution in [1.82, 2.24) is 10.2 Å². The number of rotatable bonds is 10. The molecular formula is C20H30F3N3O3. The number of halogens is 3. The van der Waals surface area contributed by atoms with Crippen molar-refractivity contribution in [3.63, 3.8) is 0 Å². The number of hydrogen-bond acceptors (Lipinski definition) is 4. The first-order chi connectivity index (χ1) is 13.9. The second-order valence-electron chi connectivity index (χ2n) is 6.77. The molecule has 1 aromatic carbocycles. The van der Waals surface area contributed by atoms with Gasteiger partial charge in [-0.2, -0.15) is 13.2 Å². The van der Waals surface area contributed by atoms with Gasteiger partial charge in [-0.15, -0.1) is 0 Å². The number of guanidine groups is 1. The lowest BCUT2D eigenvalue weighted by Crippen LogP contribution is -2.40. The molecule has 0 saturated carbocycles. The maximum absolute atomic E-state index is 12.6. The largest absolute Gasteiger partial charge is 0.492 e. The van der Waals surface area contributed by atoms with E-state index in [0.29, 0.717) is 38.0 Å². The number of likely N-dealkylation sites (tertiary alicyclic amines) is 1. The lowest BCUT2D eigenvalue weighted by atomic mass is 10.1. The third-order valence-corrected chi connectivity index (χ3v) is 4.51. The molecule has 164 valence electrons. The Kier molecular flexibility index (Phi) is 9.53. The van der Waals surface area contributed by atoms with Crippen molar-refractivity contribution in [2.45, 2.75) is 19.5 Å². The molecule has 1 aromatic rings. The van der Waals surface area contributed by atoms with Gasteiger partial charge < -0.3 is 24.4 Å². The standard InChI is InChI=1S/C20H30F3N3O3/c1-3-24-19(26-10-8-16(14-26)15-28-13-12-27-2)25-9-11-29-18-6-4-17(5-7-18)20(21,22)23/h4-7,16H,3,8-15H2,1-2H3,(H,24,25). The predicted octanol–water partition coefficient (Wildman–Crippen LogP) is 3.03. The van der Waals surface area contributed by atoms with E-state index in [9.17, 15) is 13.2 Å². The Morgan fingerprint density at radius 3 is 2.62 bits per heavy atom. The van der Waals surface area contributed by atoms with Crippen LogP contribution in [0.1, 0.15) is 18.9 Å². The predicted molar refractivity (Wildman–Crippen MR) is 105 cm³/mol. The second-order valence-corrected chi connectivity index (χ2v) is 6.77. The van der Waals surface area contributed by atoms with Crippen molar-refractivity contribution < 1.29 is 27.4 Å². The minimum Gasteiger partial charge on any atom is -0.492 e. The molecule has 1 saturated heterocycles. The zero-order chi connectivity index (χ0) is 21.1. The summed E-state index contributed by atoms with van der Waals surface area (Å²) in [6, 6.07) is 4.68. The molecular weight excluding hydrogens is 387 g/mol. The summed E-state index contributed by atoms with van der Waals surface area (Å²) in [7, 11) is 1.65. The normalized spacial score (nSPS) is 17.6. The fraction of sp³-hybridized carbons (Fsp3) is 0.650. The number of benzene rings is 1. The van der Waals surface area contributed by atoms with Crippen LogP contribution in [0.25, 0.3) is 0 Å². The van der Waals surface area contributed by atoms with Gasteiger partial charge in [0.05, 0.1) is 31.9 Å². The smallest absolute Gasteiger partial charge is 0.416 e. The van der Waals surface area contributed by atoms with Gasteiger partial charge in [0.1, 0.15) is 12.4 Å². The van der Waals surface area contributed by atoms with Gasteiger partial charge in [0.2, 0.25) is 0 Å². The molecule has 29 heavy (non-hydrogen) atoms. The molecule has 0 amide bonds. The summed E-state index contributed by atoms with van der Waals surface area (Å²) in [4.78, 5) is 6.78. The third-order valence-electron chi connectivity index (χ3n) is 4.51. The van der Waals surface area contributed by atoms with Gasteiger partial charge in [0.25, 0.3) is 0 Å². The number of hydrogen-bond donors (Lipinski definition) is 1. The van der Waals surface area contributed by atoms with Gasteiger partial charge in [-0.3, -0.25) is 0 Å². The van der Waals surface area contributed by atoms with Crippen molar-refractivity contribution in [1.29, 1.82) is 0 Å². The third kappa shape index (κ3) is 8.10. The van der Waals surface area contributed by atoms with E-state index in [1.54, 1.807) is 7.11 Å². The maximum Gasteiger partial charge on any atom is 0.416 e. The topological polar surface area (TPSA) is 55.3 Å². The summed E-state index contributed by atoms with van der Waals surface area (Å²) in [5, 5.41) is 3.28. The summed E-state index contributed by atoms with van der Waals surface area (Å²) >= 11 is 0. The van der Waals surface area contributed by atoms with Crippen LogP contribution in [0.15, 0.2) is 29.3 Å². The van der Waals surface area contributed by atoms with Gasteiger partial charge in [0.15, 0.2) is 5.96 Å². The highest BCUT2D eigenvalue weighted by atomic mass is 19.4. The SMILES string of the molecule is CCNC(=NCCOc1ccc(C(F)(F)F)cc1)N1CCC(COCCOC)C1. The van der Waals surface area contributed by atoms with Crippen LogP contribution in [0, 0.1) is 5.92 Å². The van der Waals surface area contributed by atoms with Crippen molar-refractivity contribution >= 4 is 5.96 Å². The molecule has 1 heterocycles. The van der Waals surface area contributed by atoms with Crippen LogP contribution in [0.3, 0.4) is 0 Å². The fourth-order valence-corrected chi connectivity index (χ4v) is 3.03. The van der Waals surface area contributed by atoms with Crippen LogP contribution in [0.5, 0.6) is 5.75 Å². The number of aliphatic imine (C=N–C) groups is 1. The van der Waals surface area contributed by atoms with E-state index in [-0.39, 0.29) is 6.61 Å². The quantitative estimate of drug-likeness (QED) is 0.360. The summed E-state index contributed by atoms with van der Waals surface area (Å²) in [6.45, 7) is 7.15. The summed E-state index contributed by atoms with van der Waals surface area (Å²) in [5.41, 5.74) is -0.688. The Labute approximate surface area is 170 Å². The summed E-state index contributed by atoms with van der Waals surface area (Å²) in [5.74, 6) is 1.68. The van der Waals surface area contributed by atoms with E-state index >= 15 is 0 Å². The van der Waals surface area contributed by atoms with Gasteiger partial charge in [0, 0.05) is 32.7 Å². The van der Waals surface area contributed by atoms with Crippen LogP contribution >= 0.6 is 0 Å². The van der Waals surface area contributed by atoms with E-state index < -0.39 is 11.7 Å². The average Bonchev–Trinajstić information content (AvgIpc) is 3.16. The minimum atomic E-state index is -4.34. The molecule has 0 aromatic heterocycles. The first-order valence-corrected chi connectivity index (χ1v) is 9.84. The first kappa shape index (κ1) is 23.3.